The van der Waals surface area contributed by atoms with E-state index in [9.17, 15) is 5.11 Å². The van der Waals surface area contributed by atoms with Gasteiger partial charge in [0.05, 0.1) is 12.1 Å². The van der Waals surface area contributed by atoms with E-state index < -0.39 is 5.54 Å². The van der Waals surface area contributed by atoms with Crippen LogP contribution in [0.5, 0.6) is 0 Å². The minimum absolute atomic E-state index is 0.00125. The number of hydrogen-bond acceptors (Lipinski definition) is 3. The minimum atomic E-state index is -0.607. The molecule has 1 heterocycles. The van der Waals surface area contributed by atoms with Crippen molar-refractivity contribution in [1.82, 2.24) is 4.90 Å². The van der Waals surface area contributed by atoms with Crippen LogP contribution in [-0.2, 0) is 5.54 Å². The standard InChI is InChI=1S/C16H26N2O/c1-14-7-10-18(11-8-14)12-9-16(17,13-19)15-5-3-2-4-6-15/h2-6,14,19H,7-13,17H2,1H3. The molecule has 1 aliphatic rings. The Hall–Kier alpha value is -0.900. The number of piperidine rings is 1. The molecule has 3 N–H and O–H groups in total. The fraction of sp³-hybridized carbons (Fsp3) is 0.625. The average molecular weight is 262 g/mol. The maximum atomic E-state index is 9.67. The van der Waals surface area contributed by atoms with Crippen LogP contribution >= 0.6 is 0 Å². The van der Waals surface area contributed by atoms with Crippen molar-refractivity contribution in [2.75, 3.05) is 26.2 Å². The molecule has 0 amide bonds. The maximum Gasteiger partial charge on any atom is 0.0656 e. The molecule has 0 saturated carbocycles. The van der Waals surface area contributed by atoms with Gasteiger partial charge in [0.2, 0.25) is 0 Å². The van der Waals surface area contributed by atoms with E-state index in [0.29, 0.717) is 0 Å². The largest absolute Gasteiger partial charge is 0.394 e. The van der Waals surface area contributed by atoms with Crippen LogP contribution in [0.1, 0.15) is 31.7 Å². The summed E-state index contributed by atoms with van der Waals surface area (Å²) < 4.78 is 0. The van der Waals surface area contributed by atoms with Gasteiger partial charge in [-0.2, -0.15) is 0 Å². The first-order chi connectivity index (χ1) is 9.14. The van der Waals surface area contributed by atoms with Gasteiger partial charge in [-0.1, -0.05) is 37.3 Å². The minimum Gasteiger partial charge on any atom is -0.394 e. The predicted molar refractivity (Wildman–Crippen MR) is 78.8 cm³/mol. The highest BCUT2D eigenvalue weighted by Crippen LogP contribution is 2.23. The lowest BCUT2D eigenvalue weighted by molar-refractivity contribution is 0.142. The van der Waals surface area contributed by atoms with Gasteiger partial charge in [-0.3, -0.25) is 0 Å². The van der Waals surface area contributed by atoms with E-state index in [4.69, 9.17) is 5.73 Å². The highest BCUT2D eigenvalue weighted by atomic mass is 16.3. The molecule has 1 atom stereocenters. The SMILES string of the molecule is CC1CCN(CCC(N)(CO)c2ccccc2)CC1. The lowest BCUT2D eigenvalue weighted by Gasteiger charge is -2.34. The first kappa shape index (κ1) is 14.5. The Balaban J connectivity index is 1.92. The Morgan fingerprint density at radius 1 is 1.26 bits per heavy atom. The fourth-order valence-electron chi connectivity index (χ4n) is 2.73. The maximum absolute atomic E-state index is 9.67. The first-order valence-corrected chi connectivity index (χ1v) is 7.32. The highest BCUT2D eigenvalue weighted by Gasteiger charge is 2.27. The second kappa shape index (κ2) is 6.51. The molecular formula is C16H26N2O. The zero-order chi connectivity index (χ0) is 13.7. The van der Waals surface area contributed by atoms with Gasteiger partial charge in [0.25, 0.3) is 0 Å². The summed E-state index contributed by atoms with van der Waals surface area (Å²) in [4.78, 5) is 2.47. The van der Waals surface area contributed by atoms with Gasteiger partial charge in [-0.15, -0.1) is 0 Å². The van der Waals surface area contributed by atoms with Gasteiger partial charge in [0.1, 0.15) is 0 Å². The summed E-state index contributed by atoms with van der Waals surface area (Å²) in [5.41, 5.74) is 6.81. The summed E-state index contributed by atoms with van der Waals surface area (Å²) in [7, 11) is 0. The molecule has 1 unspecified atom stereocenters. The van der Waals surface area contributed by atoms with Gasteiger partial charge in [0.15, 0.2) is 0 Å². The Kier molecular flexibility index (Phi) is 4.97. The molecule has 0 aliphatic carbocycles. The monoisotopic (exact) mass is 262 g/mol. The lowest BCUT2D eigenvalue weighted by Crippen LogP contribution is -2.45. The Morgan fingerprint density at radius 3 is 2.47 bits per heavy atom. The van der Waals surface area contributed by atoms with Crippen molar-refractivity contribution in [2.45, 2.75) is 31.7 Å². The molecule has 1 saturated heterocycles. The van der Waals surface area contributed by atoms with E-state index in [2.05, 4.69) is 11.8 Å². The van der Waals surface area contributed by atoms with Gasteiger partial charge >= 0.3 is 0 Å². The van der Waals surface area contributed by atoms with Crippen molar-refractivity contribution in [1.29, 1.82) is 0 Å². The summed E-state index contributed by atoms with van der Waals surface area (Å²) in [6, 6.07) is 9.96. The number of hydrogen-bond donors (Lipinski definition) is 2. The van der Waals surface area contributed by atoms with Crippen LogP contribution in [0, 0.1) is 5.92 Å². The van der Waals surface area contributed by atoms with Crippen molar-refractivity contribution in [3.63, 3.8) is 0 Å². The summed E-state index contributed by atoms with van der Waals surface area (Å²) >= 11 is 0. The number of nitrogens with zero attached hydrogens (tertiary/aromatic N) is 1. The Morgan fingerprint density at radius 2 is 1.89 bits per heavy atom. The molecule has 19 heavy (non-hydrogen) atoms. The van der Waals surface area contributed by atoms with E-state index in [0.717, 1.165) is 37.5 Å². The lowest BCUT2D eigenvalue weighted by atomic mass is 9.88. The smallest absolute Gasteiger partial charge is 0.0656 e. The summed E-state index contributed by atoms with van der Waals surface area (Å²) in [6.07, 6.45) is 3.37. The quantitative estimate of drug-likeness (QED) is 0.853. The molecule has 2 rings (SSSR count). The third-order valence-corrected chi connectivity index (χ3v) is 4.38. The number of aliphatic hydroxyl groups is 1. The first-order valence-electron chi connectivity index (χ1n) is 7.32. The molecule has 0 spiro atoms. The summed E-state index contributed by atoms with van der Waals surface area (Å²) in [5.74, 6) is 0.853. The summed E-state index contributed by atoms with van der Waals surface area (Å²) in [6.45, 7) is 5.62. The van der Waals surface area contributed by atoms with Crippen LogP contribution in [0.25, 0.3) is 0 Å². The van der Waals surface area contributed by atoms with Crippen LogP contribution in [0.4, 0.5) is 0 Å². The molecule has 1 aromatic carbocycles. The third kappa shape index (κ3) is 3.78. The number of likely N-dealkylation sites (tertiary alicyclic amines) is 1. The van der Waals surface area contributed by atoms with E-state index in [-0.39, 0.29) is 6.61 Å². The molecule has 1 aliphatic heterocycles. The van der Waals surface area contributed by atoms with Gasteiger partial charge in [0, 0.05) is 6.54 Å². The molecule has 0 aromatic heterocycles. The number of aliphatic hydroxyl groups excluding tert-OH is 1. The fourth-order valence-corrected chi connectivity index (χ4v) is 2.73. The van der Waals surface area contributed by atoms with Crippen LogP contribution in [-0.4, -0.2) is 36.2 Å². The highest BCUT2D eigenvalue weighted by molar-refractivity contribution is 5.24. The topological polar surface area (TPSA) is 49.5 Å². The van der Waals surface area contributed by atoms with Gasteiger partial charge in [-0.05, 0) is 43.8 Å². The second-order valence-electron chi connectivity index (χ2n) is 5.95. The molecule has 1 fully saturated rings. The Bertz CT molecular complexity index is 374. The molecule has 0 bridgehead atoms. The molecule has 3 nitrogen and oxygen atoms in total. The molecule has 3 heteroatoms. The normalized spacial score (nSPS) is 21.2. The van der Waals surface area contributed by atoms with Gasteiger partial charge in [-0.25, -0.2) is 0 Å². The van der Waals surface area contributed by atoms with Crippen LogP contribution < -0.4 is 5.73 Å². The van der Waals surface area contributed by atoms with Crippen LogP contribution in [0.15, 0.2) is 30.3 Å². The van der Waals surface area contributed by atoms with Crippen molar-refractivity contribution in [2.24, 2.45) is 11.7 Å². The Labute approximate surface area is 116 Å². The van der Waals surface area contributed by atoms with Crippen LogP contribution in [0.3, 0.4) is 0 Å². The molecule has 106 valence electrons. The van der Waals surface area contributed by atoms with Crippen molar-refractivity contribution < 1.29 is 5.11 Å². The average Bonchev–Trinajstić information content (AvgIpc) is 2.47. The predicted octanol–water partition coefficient (Wildman–Crippen LogP) is 1.95. The molecule has 0 radical (unpaired) electrons. The second-order valence-corrected chi connectivity index (χ2v) is 5.95. The molecular weight excluding hydrogens is 236 g/mol. The van der Waals surface area contributed by atoms with Crippen molar-refractivity contribution in [3.05, 3.63) is 35.9 Å². The van der Waals surface area contributed by atoms with E-state index in [1.165, 1.54) is 12.8 Å². The van der Waals surface area contributed by atoms with E-state index >= 15 is 0 Å². The van der Waals surface area contributed by atoms with Crippen molar-refractivity contribution >= 4 is 0 Å². The third-order valence-electron chi connectivity index (χ3n) is 4.38. The number of benzene rings is 1. The zero-order valence-electron chi connectivity index (χ0n) is 11.9. The number of nitrogens with two attached hydrogens (primary N) is 1. The number of rotatable bonds is 5. The zero-order valence-corrected chi connectivity index (χ0v) is 11.9. The van der Waals surface area contributed by atoms with Gasteiger partial charge < -0.3 is 15.7 Å². The van der Waals surface area contributed by atoms with Crippen LogP contribution in [0.2, 0.25) is 0 Å². The summed E-state index contributed by atoms with van der Waals surface area (Å²) in [5, 5.41) is 9.67. The van der Waals surface area contributed by atoms with E-state index in [1.54, 1.807) is 0 Å². The molecule has 1 aromatic rings. The van der Waals surface area contributed by atoms with Crippen molar-refractivity contribution in [3.8, 4) is 0 Å². The van der Waals surface area contributed by atoms with E-state index in [1.807, 2.05) is 30.3 Å².